The Hall–Kier alpha value is -3.67. The van der Waals surface area contributed by atoms with E-state index in [4.69, 9.17) is 9.47 Å². The van der Waals surface area contributed by atoms with E-state index in [1.165, 1.54) is 5.56 Å². The summed E-state index contributed by atoms with van der Waals surface area (Å²) in [6, 6.07) is 19.8. The van der Waals surface area contributed by atoms with Crippen LogP contribution in [0.2, 0.25) is 0 Å². The minimum absolute atomic E-state index is 0.211. The van der Waals surface area contributed by atoms with Crippen LogP contribution in [0.5, 0.6) is 11.5 Å². The first-order chi connectivity index (χ1) is 14.1. The smallest absolute Gasteiger partial charge is 0.323 e. The topological polar surface area (TPSA) is 79.1 Å². The fourth-order valence-electron chi connectivity index (χ4n) is 3.32. The fourth-order valence-corrected chi connectivity index (χ4v) is 3.32. The third-order valence-corrected chi connectivity index (χ3v) is 4.74. The molecule has 29 heavy (non-hydrogen) atoms. The third kappa shape index (κ3) is 4.27. The van der Waals surface area contributed by atoms with Gasteiger partial charge in [-0.2, -0.15) is 0 Å². The van der Waals surface area contributed by atoms with Gasteiger partial charge in [0.25, 0.3) is 0 Å². The molecule has 6 nitrogen and oxygen atoms in total. The molecule has 0 saturated heterocycles. The van der Waals surface area contributed by atoms with Crippen LogP contribution >= 0.6 is 0 Å². The van der Waals surface area contributed by atoms with Gasteiger partial charge >= 0.3 is 5.69 Å². The molecule has 148 valence electrons. The van der Waals surface area contributed by atoms with E-state index in [0.717, 1.165) is 33.6 Å². The second kappa shape index (κ2) is 8.14. The summed E-state index contributed by atoms with van der Waals surface area (Å²) in [5.41, 5.74) is 5.53. The van der Waals surface area contributed by atoms with Crippen molar-refractivity contribution >= 4 is 16.7 Å². The Balaban J connectivity index is 1.53. The van der Waals surface area contributed by atoms with Gasteiger partial charge in [-0.25, -0.2) is 4.79 Å². The first-order valence-electron chi connectivity index (χ1n) is 9.42. The molecule has 1 heterocycles. The molecule has 0 aliphatic carbocycles. The first-order valence-corrected chi connectivity index (χ1v) is 9.42. The number of methoxy groups -OCH3 is 1. The van der Waals surface area contributed by atoms with E-state index in [1.807, 2.05) is 48.5 Å². The van der Waals surface area contributed by atoms with Gasteiger partial charge in [0, 0.05) is 17.8 Å². The lowest BCUT2D eigenvalue weighted by atomic mass is 10.1. The molecule has 0 fully saturated rings. The zero-order valence-electron chi connectivity index (χ0n) is 16.4. The maximum Gasteiger partial charge on any atom is 0.323 e. The molecule has 0 atom stereocenters. The van der Waals surface area contributed by atoms with E-state index >= 15 is 0 Å². The van der Waals surface area contributed by atoms with Gasteiger partial charge < -0.3 is 24.8 Å². The number of aryl methyl sites for hydroxylation is 1. The predicted molar refractivity (Wildman–Crippen MR) is 115 cm³/mol. The maximum atomic E-state index is 11.4. The molecule has 6 heteroatoms. The lowest BCUT2D eigenvalue weighted by Crippen LogP contribution is -2.05. The predicted octanol–water partition coefficient (Wildman–Crippen LogP) is 4.36. The molecule has 3 N–H and O–H groups in total. The average molecular weight is 389 g/mol. The number of ether oxygens (including phenoxy) is 2. The first kappa shape index (κ1) is 18.7. The number of anilines is 1. The Morgan fingerprint density at radius 2 is 1.79 bits per heavy atom. The number of nitrogens with one attached hydrogen (secondary N) is 3. The molecule has 0 radical (unpaired) electrons. The van der Waals surface area contributed by atoms with Crippen molar-refractivity contribution in [3.8, 4) is 11.5 Å². The highest BCUT2D eigenvalue weighted by atomic mass is 16.5. The van der Waals surface area contributed by atoms with Gasteiger partial charge in [-0.05, 0) is 36.8 Å². The highest BCUT2D eigenvalue weighted by Crippen LogP contribution is 2.32. The van der Waals surface area contributed by atoms with Crippen molar-refractivity contribution in [2.24, 2.45) is 0 Å². The highest BCUT2D eigenvalue weighted by Gasteiger charge is 2.11. The Morgan fingerprint density at radius 3 is 2.62 bits per heavy atom. The van der Waals surface area contributed by atoms with Gasteiger partial charge in [-0.15, -0.1) is 0 Å². The number of aromatic nitrogens is 2. The van der Waals surface area contributed by atoms with Gasteiger partial charge in [-0.3, -0.25) is 0 Å². The normalized spacial score (nSPS) is 10.8. The molecule has 0 bridgehead atoms. The van der Waals surface area contributed by atoms with Crippen molar-refractivity contribution in [2.45, 2.75) is 20.1 Å². The highest BCUT2D eigenvalue weighted by molar-refractivity contribution is 5.78. The second-order valence-corrected chi connectivity index (χ2v) is 6.92. The van der Waals surface area contributed by atoms with Gasteiger partial charge in [0.2, 0.25) is 0 Å². The van der Waals surface area contributed by atoms with Crippen LogP contribution in [-0.2, 0) is 13.2 Å². The van der Waals surface area contributed by atoms with Crippen molar-refractivity contribution in [1.82, 2.24) is 9.97 Å². The van der Waals surface area contributed by atoms with E-state index in [1.54, 1.807) is 7.11 Å². The van der Waals surface area contributed by atoms with Crippen LogP contribution in [0.25, 0.3) is 11.0 Å². The molecule has 0 unspecified atom stereocenters. The Bertz CT molecular complexity index is 1190. The molecular formula is C23H23N3O3. The number of hydrogen-bond donors (Lipinski definition) is 3. The lowest BCUT2D eigenvalue weighted by molar-refractivity contribution is 0.281. The summed E-state index contributed by atoms with van der Waals surface area (Å²) in [4.78, 5) is 17.0. The minimum Gasteiger partial charge on any atom is -0.493 e. The second-order valence-electron chi connectivity index (χ2n) is 6.92. The van der Waals surface area contributed by atoms with Crippen LogP contribution in [-0.4, -0.2) is 17.1 Å². The standard InChI is InChI=1S/C23H23N3O3/c1-15-5-3-6-16(11-15)14-29-22-17(7-4-8-21(22)28-2)13-24-18-9-10-19-20(12-18)26-23(27)25-19/h3-12,24H,13-14H2,1-2H3,(H2,25,26,27). The number of benzene rings is 3. The van der Waals surface area contributed by atoms with Crippen LogP contribution in [0, 0.1) is 6.92 Å². The number of imidazole rings is 1. The summed E-state index contributed by atoms with van der Waals surface area (Å²) in [5.74, 6) is 1.42. The lowest BCUT2D eigenvalue weighted by Gasteiger charge is -2.16. The summed E-state index contributed by atoms with van der Waals surface area (Å²) in [5, 5.41) is 3.39. The molecule has 4 aromatic rings. The molecule has 0 amide bonds. The largest absolute Gasteiger partial charge is 0.493 e. The van der Waals surface area contributed by atoms with Gasteiger partial charge in [-0.1, -0.05) is 42.0 Å². The zero-order valence-corrected chi connectivity index (χ0v) is 16.4. The minimum atomic E-state index is -0.211. The molecule has 0 saturated carbocycles. The van der Waals surface area contributed by atoms with E-state index in [0.29, 0.717) is 18.9 Å². The summed E-state index contributed by atoms with van der Waals surface area (Å²) < 4.78 is 11.7. The molecule has 3 aromatic carbocycles. The van der Waals surface area contributed by atoms with Crippen molar-refractivity contribution in [1.29, 1.82) is 0 Å². The van der Waals surface area contributed by atoms with E-state index in [-0.39, 0.29) is 5.69 Å². The Labute approximate surface area is 168 Å². The molecule has 1 aromatic heterocycles. The summed E-state index contributed by atoms with van der Waals surface area (Å²) in [7, 11) is 1.64. The monoisotopic (exact) mass is 389 g/mol. The average Bonchev–Trinajstić information content (AvgIpc) is 3.10. The van der Waals surface area contributed by atoms with Gasteiger partial charge in [0.15, 0.2) is 11.5 Å². The Morgan fingerprint density at radius 1 is 0.966 bits per heavy atom. The molecule has 4 rings (SSSR count). The Kier molecular flexibility index (Phi) is 5.24. The van der Waals surface area contributed by atoms with Gasteiger partial charge in [0.05, 0.1) is 18.1 Å². The summed E-state index contributed by atoms with van der Waals surface area (Å²) in [6.07, 6.45) is 0. The molecule has 0 aliphatic heterocycles. The van der Waals surface area contributed by atoms with Crippen molar-refractivity contribution in [3.63, 3.8) is 0 Å². The number of rotatable bonds is 7. The van der Waals surface area contributed by atoms with Crippen LogP contribution in [0.15, 0.2) is 65.5 Å². The van der Waals surface area contributed by atoms with E-state index in [2.05, 4.69) is 34.3 Å². The van der Waals surface area contributed by atoms with Gasteiger partial charge in [0.1, 0.15) is 6.61 Å². The van der Waals surface area contributed by atoms with E-state index < -0.39 is 0 Å². The number of para-hydroxylation sites is 1. The molecule has 0 spiro atoms. The van der Waals surface area contributed by atoms with Crippen LogP contribution in [0.1, 0.15) is 16.7 Å². The zero-order chi connectivity index (χ0) is 20.2. The van der Waals surface area contributed by atoms with Crippen molar-refractivity contribution < 1.29 is 9.47 Å². The summed E-state index contributed by atoms with van der Waals surface area (Å²) >= 11 is 0. The molecule has 0 aliphatic rings. The van der Waals surface area contributed by atoms with Crippen LogP contribution in [0.4, 0.5) is 5.69 Å². The number of fused-ring (bicyclic) bond motifs is 1. The number of hydrogen-bond acceptors (Lipinski definition) is 4. The summed E-state index contributed by atoms with van der Waals surface area (Å²) in [6.45, 7) is 3.09. The fraction of sp³-hybridized carbons (Fsp3) is 0.174. The maximum absolute atomic E-state index is 11.4. The van der Waals surface area contributed by atoms with Crippen LogP contribution < -0.4 is 20.5 Å². The van der Waals surface area contributed by atoms with Crippen molar-refractivity contribution in [2.75, 3.05) is 12.4 Å². The van der Waals surface area contributed by atoms with Crippen LogP contribution in [0.3, 0.4) is 0 Å². The number of aromatic amines is 2. The quantitative estimate of drug-likeness (QED) is 0.439. The van der Waals surface area contributed by atoms with Crippen molar-refractivity contribution in [3.05, 3.63) is 87.8 Å². The molecular weight excluding hydrogens is 366 g/mol. The third-order valence-electron chi connectivity index (χ3n) is 4.74. The van der Waals surface area contributed by atoms with E-state index in [9.17, 15) is 4.79 Å². The SMILES string of the molecule is COc1cccc(CNc2ccc3[nH]c(=O)[nH]c3c2)c1OCc1cccc(C)c1. The number of H-pyrrole nitrogens is 2.